The van der Waals surface area contributed by atoms with Gasteiger partial charge in [0.2, 0.25) is 5.91 Å². The number of amides is 2. The molecule has 0 unspecified atom stereocenters. The number of nitrogens with zero attached hydrogens (tertiary/aromatic N) is 3. The van der Waals surface area contributed by atoms with Crippen LogP contribution in [0.5, 0.6) is 0 Å². The van der Waals surface area contributed by atoms with E-state index in [0.717, 1.165) is 0 Å². The largest absolute Gasteiger partial charge is 0.459 e. The van der Waals surface area contributed by atoms with Crippen molar-refractivity contribution in [2.75, 3.05) is 39.3 Å². The molecule has 8 nitrogen and oxygen atoms in total. The van der Waals surface area contributed by atoms with Crippen LogP contribution in [-0.4, -0.2) is 73.6 Å². The lowest BCUT2D eigenvalue weighted by atomic mass is 9.95. The molecule has 2 aliphatic rings. The molecule has 0 atom stereocenters. The number of hydrogen-bond donors (Lipinski definition) is 0. The van der Waals surface area contributed by atoms with Crippen LogP contribution in [0.4, 0.5) is 0 Å². The van der Waals surface area contributed by atoms with Crippen molar-refractivity contribution in [1.29, 1.82) is 0 Å². The third kappa shape index (κ3) is 4.10. The van der Waals surface area contributed by atoms with Gasteiger partial charge in [-0.15, -0.1) is 11.3 Å². The molecule has 2 amide bonds. The van der Waals surface area contributed by atoms with E-state index in [1.165, 1.54) is 21.9 Å². The first kappa shape index (κ1) is 20.1. The van der Waals surface area contributed by atoms with E-state index < -0.39 is 10.0 Å². The summed E-state index contributed by atoms with van der Waals surface area (Å²) >= 11 is 1.21. The molecule has 29 heavy (non-hydrogen) atoms. The second kappa shape index (κ2) is 8.29. The van der Waals surface area contributed by atoms with Crippen molar-refractivity contribution < 1.29 is 22.4 Å². The molecule has 4 heterocycles. The van der Waals surface area contributed by atoms with E-state index in [0.29, 0.717) is 62.1 Å². The van der Waals surface area contributed by atoms with Gasteiger partial charge in [0.15, 0.2) is 5.76 Å². The van der Waals surface area contributed by atoms with E-state index in [4.69, 9.17) is 4.42 Å². The van der Waals surface area contributed by atoms with Crippen LogP contribution in [0.15, 0.2) is 44.5 Å². The van der Waals surface area contributed by atoms with Crippen LogP contribution < -0.4 is 0 Å². The molecule has 0 spiro atoms. The minimum atomic E-state index is -3.47. The number of piperidine rings is 1. The van der Waals surface area contributed by atoms with Crippen LogP contribution in [0.3, 0.4) is 0 Å². The molecule has 0 radical (unpaired) electrons. The normalized spacial score (nSPS) is 19.4. The predicted octanol–water partition coefficient (Wildman–Crippen LogP) is 1.73. The van der Waals surface area contributed by atoms with Crippen LogP contribution >= 0.6 is 11.3 Å². The molecule has 0 bridgehead atoms. The third-order valence-corrected chi connectivity index (χ3v) is 8.77. The minimum Gasteiger partial charge on any atom is -0.459 e. The predicted molar refractivity (Wildman–Crippen MR) is 107 cm³/mol. The second-order valence-corrected chi connectivity index (χ2v) is 10.3. The Balaban J connectivity index is 1.29. The van der Waals surface area contributed by atoms with Gasteiger partial charge in [0.05, 0.1) is 6.26 Å². The standard InChI is InChI=1S/C19H23N3O5S2/c23-18(15-5-7-20(8-6-15)19(24)16-3-1-13-27-16)21-9-11-22(12-10-21)29(25,26)17-4-2-14-28-17/h1-4,13-15H,5-12H2. The molecule has 4 rings (SSSR count). The van der Waals surface area contributed by atoms with Gasteiger partial charge < -0.3 is 14.2 Å². The zero-order valence-electron chi connectivity index (χ0n) is 15.9. The number of sulfonamides is 1. The number of carbonyl (C=O) groups excluding carboxylic acids is 2. The van der Waals surface area contributed by atoms with Crippen LogP contribution in [0.2, 0.25) is 0 Å². The van der Waals surface area contributed by atoms with Gasteiger partial charge in [0.1, 0.15) is 4.21 Å². The van der Waals surface area contributed by atoms with Gasteiger partial charge in [0, 0.05) is 45.2 Å². The molecule has 0 N–H and O–H groups in total. The smallest absolute Gasteiger partial charge is 0.289 e. The van der Waals surface area contributed by atoms with E-state index in [1.807, 2.05) is 0 Å². The van der Waals surface area contributed by atoms with E-state index in [-0.39, 0.29) is 17.7 Å². The summed E-state index contributed by atoms with van der Waals surface area (Å²) in [6.45, 7) is 2.44. The first-order valence-corrected chi connectivity index (χ1v) is 11.9. The maximum Gasteiger partial charge on any atom is 0.289 e. The van der Waals surface area contributed by atoms with Gasteiger partial charge in [-0.1, -0.05) is 6.07 Å². The van der Waals surface area contributed by atoms with Gasteiger partial charge in [-0.25, -0.2) is 8.42 Å². The summed E-state index contributed by atoms with van der Waals surface area (Å²) in [6.07, 6.45) is 2.69. The summed E-state index contributed by atoms with van der Waals surface area (Å²) < 4.78 is 32.2. The lowest BCUT2D eigenvalue weighted by Crippen LogP contribution is -2.53. The molecular weight excluding hydrogens is 414 g/mol. The Morgan fingerprint density at radius 3 is 2.28 bits per heavy atom. The minimum absolute atomic E-state index is 0.0586. The van der Waals surface area contributed by atoms with Gasteiger partial charge >= 0.3 is 0 Å². The molecule has 2 aromatic rings. The summed E-state index contributed by atoms with van der Waals surface area (Å²) in [7, 11) is -3.47. The van der Waals surface area contributed by atoms with E-state index in [2.05, 4.69) is 0 Å². The van der Waals surface area contributed by atoms with Gasteiger partial charge in [-0.2, -0.15) is 4.31 Å². The highest BCUT2D eigenvalue weighted by molar-refractivity contribution is 7.91. The molecular formula is C19H23N3O5S2. The van der Waals surface area contributed by atoms with E-state index in [1.54, 1.807) is 39.4 Å². The number of hydrogen-bond acceptors (Lipinski definition) is 6. The first-order chi connectivity index (χ1) is 14.0. The van der Waals surface area contributed by atoms with Gasteiger partial charge in [0.25, 0.3) is 15.9 Å². The molecule has 0 aliphatic carbocycles. The molecule has 10 heteroatoms. The van der Waals surface area contributed by atoms with Gasteiger partial charge in [-0.05, 0) is 36.4 Å². The summed E-state index contributed by atoms with van der Waals surface area (Å²) in [5, 5.41) is 1.75. The number of rotatable bonds is 4. The van der Waals surface area contributed by atoms with Crippen molar-refractivity contribution in [3.8, 4) is 0 Å². The average molecular weight is 438 g/mol. The van der Waals surface area contributed by atoms with Crippen molar-refractivity contribution in [2.45, 2.75) is 17.1 Å². The fraction of sp³-hybridized carbons (Fsp3) is 0.474. The Morgan fingerprint density at radius 2 is 1.69 bits per heavy atom. The summed E-state index contributed by atoms with van der Waals surface area (Å²) in [4.78, 5) is 28.7. The monoisotopic (exact) mass is 437 g/mol. The fourth-order valence-corrected chi connectivity index (χ4v) is 6.40. The highest BCUT2D eigenvalue weighted by atomic mass is 32.2. The number of furan rings is 1. The quantitative estimate of drug-likeness (QED) is 0.727. The zero-order chi connectivity index (χ0) is 20.4. The maximum atomic E-state index is 12.9. The maximum absolute atomic E-state index is 12.9. The lowest BCUT2D eigenvalue weighted by Gasteiger charge is -2.37. The highest BCUT2D eigenvalue weighted by Crippen LogP contribution is 2.25. The summed E-state index contributed by atoms with van der Waals surface area (Å²) in [6, 6.07) is 6.65. The SMILES string of the molecule is O=C(c1ccco1)N1CCC(C(=O)N2CCN(S(=O)(=O)c3cccs3)CC2)CC1. The molecule has 2 aliphatic heterocycles. The first-order valence-electron chi connectivity index (χ1n) is 9.62. The number of piperazine rings is 1. The summed E-state index contributed by atoms with van der Waals surface area (Å²) in [5.74, 6) is 0.102. The lowest BCUT2D eigenvalue weighted by molar-refractivity contribution is -0.138. The molecule has 2 saturated heterocycles. The van der Waals surface area contributed by atoms with Crippen LogP contribution in [-0.2, 0) is 14.8 Å². The third-order valence-electron chi connectivity index (χ3n) is 5.50. The van der Waals surface area contributed by atoms with Crippen molar-refractivity contribution in [1.82, 2.24) is 14.1 Å². The number of likely N-dealkylation sites (tertiary alicyclic amines) is 1. The van der Waals surface area contributed by atoms with Gasteiger partial charge in [-0.3, -0.25) is 9.59 Å². The molecule has 0 aromatic carbocycles. The molecule has 0 saturated carbocycles. The molecule has 156 valence electrons. The Kier molecular flexibility index (Phi) is 5.75. The van der Waals surface area contributed by atoms with Crippen LogP contribution in [0.1, 0.15) is 23.4 Å². The zero-order valence-corrected chi connectivity index (χ0v) is 17.5. The van der Waals surface area contributed by atoms with Crippen molar-refractivity contribution in [3.63, 3.8) is 0 Å². The van der Waals surface area contributed by atoms with Crippen LogP contribution in [0.25, 0.3) is 0 Å². The Labute approximate surface area is 173 Å². The fourth-order valence-electron chi connectivity index (χ4n) is 3.83. The Bertz CT molecular complexity index is 940. The van der Waals surface area contributed by atoms with Crippen LogP contribution in [0, 0.1) is 5.92 Å². The average Bonchev–Trinajstić information content (AvgIpc) is 3.47. The number of carbonyl (C=O) groups is 2. The Morgan fingerprint density at radius 1 is 0.966 bits per heavy atom. The summed E-state index contributed by atoms with van der Waals surface area (Å²) in [5.41, 5.74) is 0. The second-order valence-electron chi connectivity index (χ2n) is 7.21. The van der Waals surface area contributed by atoms with E-state index in [9.17, 15) is 18.0 Å². The molecule has 2 aromatic heterocycles. The Hall–Kier alpha value is -2.17. The molecule has 2 fully saturated rings. The van der Waals surface area contributed by atoms with Crippen molar-refractivity contribution in [2.24, 2.45) is 5.92 Å². The van der Waals surface area contributed by atoms with Crippen molar-refractivity contribution >= 4 is 33.2 Å². The number of thiophene rings is 1. The van der Waals surface area contributed by atoms with Crippen molar-refractivity contribution in [3.05, 3.63) is 41.7 Å². The topological polar surface area (TPSA) is 91.1 Å². The van der Waals surface area contributed by atoms with E-state index >= 15 is 0 Å². The highest BCUT2D eigenvalue weighted by Gasteiger charge is 2.35.